The van der Waals surface area contributed by atoms with E-state index in [1.807, 2.05) is 48.5 Å². The fourth-order valence-electron chi connectivity index (χ4n) is 2.71. The second kappa shape index (κ2) is 8.73. The van der Waals surface area contributed by atoms with Crippen molar-refractivity contribution in [2.24, 2.45) is 5.92 Å². The third kappa shape index (κ3) is 5.41. The number of nitrogens with one attached hydrogen (secondary N) is 1. The Morgan fingerprint density at radius 3 is 2.45 bits per heavy atom. The Morgan fingerprint density at radius 2 is 1.79 bits per heavy atom. The second-order valence-electron chi connectivity index (χ2n) is 6.65. The predicted octanol–water partition coefficient (Wildman–Crippen LogP) is 5.64. The lowest BCUT2D eigenvalue weighted by Gasteiger charge is -2.15. The zero-order valence-corrected chi connectivity index (χ0v) is 16.7. The van der Waals surface area contributed by atoms with Gasteiger partial charge in [-0.2, -0.15) is 18.3 Å². The summed E-state index contributed by atoms with van der Waals surface area (Å²) in [6, 6.07) is 18.2. The molecule has 0 spiro atoms. The van der Waals surface area contributed by atoms with Crippen LogP contribution in [0.4, 0.5) is 18.9 Å². The zero-order chi connectivity index (χ0) is 21.0. The number of alkyl halides is 3. The van der Waals surface area contributed by atoms with Gasteiger partial charge in [-0.05, 0) is 37.3 Å². The molecule has 0 aliphatic carbocycles. The smallest absolute Gasteiger partial charge is 0.325 e. The average molecular weight is 419 g/mol. The molecule has 2 aromatic carbocycles. The Balaban J connectivity index is 1.70. The maximum Gasteiger partial charge on any atom is 0.435 e. The van der Waals surface area contributed by atoms with Crippen molar-refractivity contribution in [3.63, 3.8) is 0 Å². The predicted molar refractivity (Wildman–Crippen MR) is 107 cm³/mol. The minimum absolute atomic E-state index is 0.0573. The number of carbonyl (C=O) groups excluding carboxylic acids is 1. The van der Waals surface area contributed by atoms with E-state index in [2.05, 4.69) is 10.4 Å². The first-order chi connectivity index (χ1) is 13.7. The van der Waals surface area contributed by atoms with Gasteiger partial charge in [0.15, 0.2) is 5.69 Å². The summed E-state index contributed by atoms with van der Waals surface area (Å²) in [5.74, 6) is -0.848. The molecule has 1 amide bonds. The van der Waals surface area contributed by atoms with Gasteiger partial charge < -0.3 is 5.32 Å². The van der Waals surface area contributed by atoms with Gasteiger partial charge in [-0.1, -0.05) is 49.0 Å². The maximum atomic E-state index is 12.8. The first-order valence-electron chi connectivity index (χ1n) is 8.98. The van der Waals surface area contributed by atoms with Crippen molar-refractivity contribution >= 4 is 23.4 Å². The molecule has 8 heteroatoms. The van der Waals surface area contributed by atoms with Crippen molar-refractivity contribution in [3.8, 4) is 0 Å². The first kappa shape index (κ1) is 21.0. The number of nitrogens with zero attached hydrogens (tertiary/aromatic N) is 2. The lowest BCUT2D eigenvalue weighted by Crippen LogP contribution is -2.25. The van der Waals surface area contributed by atoms with E-state index in [1.165, 1.54) is 16.4 Å². The maximum absolute atomic E-state index is 12.8. The molecule has 4 nitrogen and oxygen atoms in total. The van der Waals surface area contributed by atoms with Crippen LogP contribution in [0.2, 0.25) is 0 Å². The van der Waals surface area contributed by atoms with Gasteiger partial charge in [-0.25, -0.2) is 0 Å². The Morgan fingerprint density at radius 1 is 1.14 bits per heavy atom. The molecule has 1 aromatic heterocycles. The Kier molecular flexibility index (Phi) is 6.32. The summed E-state index contributed by atoms with van der Waals surface area (Å²) in [5, 5.41) is 6.48. The number of halogens is 3. The van der Waals surface area contributed by atoms with Crippen LogP contribution in [0.25, 0.3) is 0 Å². The van der Waals surface area contributed by atoms with Crippen molar-refractivity contribution in [3.05, 3.63) is 72.1 Å². The zero-order valence-electron chi connectivity index (χ0n) is 15.9. The first-order valence-corrected chi connectivity index (χ1v) is 9.80. The van der Waals surface area contributed by atoms with Gasteiger partial charge in [0.25, 0.3) is 0 Å². The van der Waals surface area contributed by atoms with Gasteiger partial charge in [0.2, 0.25) is 5.91 Å². The molecule has 0 fully saturated rings. The van der Waals surface area contributed by atoms with Crippen molar-refractivity contribution in [1.29, 1.82) is 0 Å². The van der Waals surface area contributed by atoms with Crippen molar-refractivity contribution < 1.29 is 18.0 Å². The fourth-order valence-corrected chi connectivity index (χ4v) is 3.63. The Hall–Kier alpha value is -2.74. The highest BCUT2D eigenvalue weighted by Gasteiger charge is 2.34. The van der Waals surface area contributed by atoms with Crippen LogP contribution in [0.5, 0.6) is 0 Å². The van der Waals surface area contributed by atoms with Gasteiger partial charge >= 0.3 is 6.18 Å². The molecular formula is C21H20F3N3OS. The number of anilines is 1. The van der Waals surface area contributed by atoms with E-state index in [0.717, 1.165) is 15.9 Å². The van der Waals surface area contributed by atoms with Gasteiger partial charge in [0.1, 0.15) is 0 Å². The molecule has 1 unspecified atom stereocenters. The Labute approximate surface area is 171 Å². The molecule has 0 radical (unpaired) electrons. The molecule has 3 aromatic rings. The molecule has 3 rings (SSSR count). The normalized spacial score (nSPS) is 12.6. The molecule has 0 bridgehead atoms. The van der Waals surface area contributed by atoms with Gasteiger partial charge in [0, 0.05) is 15.5 Å². The number of hydrogen-bond donors (Lipinski definition) is 1. The van der Waals surface area contributed by atoms with E-state index >= 15 is 0 Å². The monoisotopic (exact) mass is 419 g/mol. The topological polar surface area (TPSA) is 46.9 Å². The van der Waals surface area contributed by atoms with E-state index in [-0.39, 0.29) is 12.5 Å². The Bertz CT molecular complexity index is 986. The average Bonchev–Trinajstić information content (AvgIpc) is 3.05. The van der Waals surface area contributed by atoms with Crippen LogP contribution < -0.4 is 5.32 Å². The quantitative estimate of drug-likeness (QED) is 0.563. The number of hydrogen-bond acceptors (Lipinski definition) is 3. The minimum atomic E-state index is -4.50. The number of aromatic nitrogens is 2. The second-order valence-corrected chi connectivity index (χ2v) is 7.77. The van der Waals surface area contributed by atoms with Gasteiger partial charge in [-0.15, -0.1) is 0 Å². The van der Waals surface area contributed by atoms with Crippen LogP contribution in [0, 0.1) is 12.8 Å². The largest absolute Gasteiger partial charge is 0.435 e. The minimum Gasteiger partial charge on any atom is -0.325 e. The lowest BCUT2D eigenvalue weighted by molar-refractivity contribution is -0.141. The van der Waals surface area contributed by atoms with Gasteiger partial charge in [0.05, 0.1) is 18.2 Å². The van der Waals surface area contributed by atoms with Crippen LogP contribution in [-0.2, 0) is 17.5 Å². The molecule has 0 saturated carbocycles. The number of amides is 1. The summed E-state index contributed by atoms with van der Waals surface area (Å²) < 4.78 is 39.7. The van der Waals surface area contributed by atoms with E-state index in [0.29, 0.717) is 11.4 Å². The number of rotatable bonds is 6. The summed E-state index contributed by atoms with van der Waals surface area (Å²) in [5.41, 5.74) is 0.0654. The molecule has 1 atom stereocenters. The number of carbonyl (C=O) groups is 1. The molecule has 1 heterocycles. The van der Waals surface area contributed by atoms with Crippen molar-refractivity contribution in [2.75, 3.05) is 5.32 Å². The molecule has 0 aliphatic rings. The fraction of sp³-hybridized carbons (Fsp3) is 0.238. The number of para-hydroxylation sites is 1. The molecule has 1 N–H and O–H groups in total. The number of aryl methyl sites for hydroxylation is 1. The van der Waals surface area contributed by atoms with Crippen molar-refractivity contribution in [2.45, 2.75) is 36.4 Å². The highest BCUT2D eigenvalue weighted by molar-refractivity contribution is 7.99. The van der Waals surface area contributed by atoms with Crippen LogP contribution in [0.1, 0.15) is 18.3 Å². The highest BCUT2D eigenvalue weighted by Crippen LogP contribution is 2.33. The van der Waals surface area contributed by atoms with Crippen LogP contribution >= 0.6 is 11.8 Å². The van der Waals surface area contributed by atoms with E-state index in [1.54, 1.807) is 19.9 Å². The molecule has 0 aliphatic heterocycles. The summed E-state index contributed by atoms with van der Waals surface area (Å²) in [6.07, 6.45) is -4.50. The van der Waals surface area contributed by atoms with E-state index in [4.69, 9.17) is 0 Å². The molecule has 0 saturated heterocycles. The standard InChI is InChI=1S/C21H20F3N3OS/c1-14(13-27-15(2)12-19(26-27)21(22,23)24)20(28)25-17-10-6-7-11-18(17)29-16-8-4-3-5-9-16/h3-12,14H,13H2,1-2H3,(H,25,28). The molecule has 29 heavy (non-hydrogen) atoms. The highest BCUT2D eigenvalue weighted by atomic mass is 32.2. The van der Waals surface area contributed by atoms with Crippen LogP contribution in [0.3, 0.4) is 0 Å². The lowest BCUT2D eigenvalue weighted by atomic mass is 10.1. The number of benzene rings is 2. The van der Waals surface area contributed by atoms with E-state index < -0.39 is 17.8 Å². The van der Waals surface area contributed by atoms with Crippen molar-refractivity contribution in [1.82, 2.24) is 9.78 Å². The summed E-state index contributed by atoms with van der Waals surface area (Å²) in [7, 11) is 0. The van der Waals surface area contributed by atoms with Gasteiger partial charge in [-0.3, -0.25) is 9.48 Å². The third-order valence-electron chi connectivity index (χ3n) is 4.28. The summed E-state index contributed by atoms with van der Waals surface area (Å²) >= 11 is 1.52. The molecule has 152 valence electrons. The SMILES string of the molecule is Cc1cc(C(F)(F)F)nn1CC(C)C(=O)Nc1ccccc1Sc1ccccc1. The molecular weight excluding hydrogens is 399 g/mol. The van der Waals surface area contributed by atoms with E-state index in [9.17, 15) is 18.0 Å². The third-order valence-corrected chi connectivity index (χ3v) is 5.37. The van der Waals surface area contributed by atoms with Crippen LogP contribution in [-0.4, -0.2) is 15.7 Å². The summed E-state index contributed by atoms with van der Waals surface area (Å²) in [6.45, 7) is 3.26. The van der Waals surface area contributed by atoms with Crippen LogP contribution in [0.15, 0.2) is 70.5 Å². The summed E-state index contributed by atoms with van der Waals surface area (Å²) in [4.78, 5) is 14.6.